The highest BCUT2D eigenvalue weighted by atomic mass is 16.7. The van der Waals surface area contributed by atoms with Crippen molar-refractivity contribution in [1.29, 1.82) is 0 Å². The van der Waals surface area contributed by atoms with Crippen molar-refractivity contribution < 1.29 is 9.94 Å². The molecule has 0 saturated carbocycles. The van der Waals surface area contributed by atoms with E-state index in [1.54, 1.807) is 0 Å². The molecule has 88 valence electrons. The monoisotopic (exact) mass is 214 g/mol. The van der Waals surface area contributed by atoms with Gasteiger partial charge in [0, 0.05) is 0 Å². The highest BCUT2D eigenvalue weighted by molar-refractivity contribution is 5.83. The molecule has 4 heteroatoms. The standard InChI is InChI=1S/C9H16N2O2.C2H6/c1-7-6-9(12,13-10-7)8-4-3-5-11(8)2;1-2/h8,12H,3-6H2,1-2H3;1-2H3. The third kappa shape index (κ3) is 2.49. The van der Waals surface area contributed by atoms with Gasteiger partial charge in [0.1, 0.15) is 0 Å². The van der Waals surface area contributed by atoms with Crippen LogP contribution in [0, 0.1) is 0 Å². The van der Waals surface area contributed by atoms with Gasteiger partial charge in [-0.2, -0.15) is 0 Å². The fraction of sp³-hybridized carbons (Fsp3) is 0.909. The molecule has 2 heterocycles. The lowest BCUT2D eigenvalue weighted by Crippen LogP contribution is -2.48. The number of aliphatic hydroxyl groups is 1. The third-order valence-corrected chi connectivity index (χ3v) is 2.91. The Bertz CT molecular complexity index is 243. The Morgan fingerprint density at radius 2 is 2.20 bits per heavy atom. The molecule has 0 amide bonds. The second kappa shape index (κ2) is 4.94. The van der Waals surface area contributed by atoms with E-state index in [4.69, 9.17) is 4.84 Å². The molecule has 1 fully saturated rings. The van der Waals surface area contributed by atoms with E-state index in [0.29, 0.717) is 6.42 Å². The van der Waals surface area contributed by atoms with Crippen LogP contribution in [0.3, 0.4) is 0 Å². The first-order valence-corrected chi connectivity index (χ1v) is 5.76. The quantitative estimate of drug-likeness (QED) is 0.721. The average Bonchev–Trinajstić information content (AvgIpc) is 2.78. The third-order valence-electron chi connectivity index (χ3n) is 2.91. The summed E-state index contributed by atoms with van der Waals surface area (Å²) in [5.41, 5.74) is 0.878. The first-order valence-electron chi connectivity index (χ1n) is 5.76. The summed E-state index contributed by atoms with van der Waals surface area (Å²) in [6.07, 6.45) is 2.67. The van der Waals surface area contributed by atoms with Crippen molar-refractivity contribution in [3.8, 4) is 0 Å². The van der Waals surface area contributed by atoms with Crippen LogP contribution in [0.15, 0.2) is 5.16 Å². The summed E-state index contributed by atoms with van der Waals surface area (Å²) in [6.45, 7) is 6.92. The lowest BCUT2D eigenvalue weighted by Gasteiger charge is -2.31. The number of likely N-dealkylation sites (tertiary alicyclic amines) is 1. The molecule has 0 aromatic rings. The number of rotatable bonds is 1. The lowest BCUT2D eigenvalue weighted by molar-refractivity contribution is -0.217. The van der Waals surface area contributed by atoms with Crippen LogP contribution in [0.1, 0.15) is 40.0 Å². The topological polar surface area (TPSA) is 45.1 Å². The molecule has 2 aliphatic heterocycles. The Balaban J connectivity index is 0.000000531. The van der Waals surface area contributed by atoms with Gasteiger partial charge < -0.3 is 9.94 Å². The van der Waals surface area contributed by atoms with Gasteiger partial charge >= 0.3 is 0 Å². The molecule has 2 aliphatic rings. The lowest BCUT2D eigenvalue weighted by atomic mass is 10.00. The van der Waals surface area contributed by atoms with Gasteiger partial charge in [0.15, 0.2) is 0 Å². The molecule has 1 N–H and O–H groups in total. The second-order valence-corrected chi connectivity index (χ2v) is 4.08. The second-order valence-electron chi connectivity index (χ2n) is 4.08. The summed E-state index contributed by atoms with van der Waals surface area (Å²) >= 11 is 0. The van der Waals surface area contributed by atoms with Crippen molar-refractivity contribution in [2.75, 3.05) is 13.6 Å². The summed E-state index contributed by atoms with van der Waals surface area (Å²) in [5, 5.41) is 14.0. The molecule has 0 aliphatic carbocycles. The first kappa shape index (κ1) is 12.5. The summed E-state index contributed by atoms with van der Waals surface area (Å²) in [7, 11) is 2.02. The van der Waals surface area contributed by atoms with Crippen LogP contribution < -0.4 is 0 Å². The number of oxime groups is 1. The minimum absolute atomic E-state index is 0.105. The number of hydrogen-bond donors (Lipinski definition) is 1. The normalized spacial score (nSPS) is 35.5. The number of likely N-dealkylation sites (N-methyl/N-ethyl adjacent to an activating group) is 1. The maximum atomic E-state index is 10.2. The molecule has 0 aromatic heterocycles. The van der Waals surface area contributed by atoms with Crippen LogP contribution in [-0.2, 0) is 4.84 Å². The molecule has 2 unspecified atom stereocenters. The van der Waals surface area contributed by atoms with Crippen molar-refractivity contribution in [1.82, 2.24) is 4.90 Å². The van der Waals surface area contributed by atoms with E-state index in [9.17, 15) is 5.11 Å². The molecule has 1 saturated heterocycles. The van der Waals surface area contributed by atoms with E-state index in [-0.39, 0.29) is 6.04 Å². The summed E-state index contributed by atoms with van der Waals surface area (Å²) in [4.78, 5) is 7.26. The Hall–Kier alpha value is -0.610. The van der Waals surface area contributed by atoms with Crippen molar-refractivity contribution in [2.24, 2.45) is 5.16 Å². The van der Waals surface area contributed by atoms with Gasteiger partial charge in [0.2, 0.25) is 0 Å². The largest absolute Gasteiger partial charge is 0.358 e. The SMILES string of the molecule is CC.CC1=NOC(O)(C2CCCN2C)C1. The van der Waals surface area contributed by atoms with Crippen LogP contribution in [0.2, 0.25) is 0 Å². The van der Waals surface area contributed by atoms with E-state index in [2.05, 4.69) is 10.1 Å². The number of hydrogen-bond acceptors (Lipinski definition) is 4. The molecule has 0 aromatic carbocycles. The van der Waals surface area contributed by atoms with Gasteiger partial charge in [0.25, 0.3) is 5.79 Å². The van der Waals surface area contributed by atoms with E-state index >= 15 is 0 Å². The average molecular weight is 214 g/mol. The zero-order chi connectivity index (χ0) is 11.5. The van der Waals surface area contributed by atoms with Crippen molar-refractivity contribution >= 4 is 5.71 Å². The summed E-state index contributed by atoms with van der Waals surface area (Å²) < 4.78 is 0. The predicted octanol–water partition coefficient (Wildman–Crippen LogP) is 1.59. The van der Waals surface area contributed by atoms with Gasteiger partial charge in [-0.3, -0.25) is 4.90 Å². The van der Waals surface area contributed by atoms with E-state index in [1.807, 2.05) is 27.8 Å². The van der Waals surface area contributed by atoms with Gasteiger partial charge in [-0.25, -0.2) is 0 Å². The minimum Gasteiger partial charge on any atom is -0.358 e. The molecule has 15 heavy (non-hydrogen) atoms. The van der Waals surface area contributed by atoms with Crippen molar-refractivity contribution in [3.05, 3.63) is 0 Å². The van der Waals surface area contributed by atoms with Crippen LogP contribution in [0.5, 0.6) is 0 Å². The van der Waals surface area contributed by atoms with Crippen LogP contribution in [0.25, 0.3) is 0 Å². The molecule has 2 atom stereocenters. The van der Waals surface area contributed by atoms with Gasteiger partial charge in [-0.15, -0.1) is 0 Å². The van der Waals surface area contributed by atoms with Gasteiger partial charge in [-0.05, 0) is 33.4 Å². The molecule has 2 rings (SSSR count). The molecular weight excluding hydrogens is 192 g/mol. The van der Waals surface area contributed by atoms with Crippen LogP contribution in [-0.4, -0.2) is 41.1 Å². The van der Waals surface area contributed by atoms with E-state index < -0.39 is 5.79 Å². The maximum absolute atomic E-state index is 10.2. The van der Waals surface area contributed by atoms with Crippen molar-refractivity contribution in [3.63, 3.8) is 0 Å². The molecule has 4 nitrogen and oxygen atoms in total. The van der Waals surface area contributed by atoms with Gasteiger partial charge in [-0.1, -0.05) is 19.0 Å². The zero-order valence-electron chi connectivity index (χ0n) is 10.2. The molecule has 0 bridgehead atoms. The van der Waals surface area contributed by atoms with Gasteiger partial charge in [0.05, 0.1) is 18.2 Å². The Kier molecular flexibility index (Phi) is 4.11. The summed E-state index contributed by atoms with van der Waals surface area (Å²) in [5.74, 6) is -1.06. The van der Waals surface area contributed by atoms with Crippen LogP contribution >= 0.6 is 0 Å². The number of nitrogens with zero attached hydrogens (tertiary/aromatic N) is 2. The zero-order valence-corrected chi connectivity index (χ0v) is 10.2. The summed E-state index contributed by atoms with van der Waals surface area (Å²) in [6, 6.07) is 0.105. The van der Waals surface area contributed by atoms with E-state index in [0.717, 1.165) is 25.1 Å². The van der Waals surface area contributed by atoms with Crippen molar-refractivity contribution in [2.45, 2.75) is 51.9 Å². The van der Waals surface area contributed by atoms with Crippen LogP contribution in [0.4, 0.5) is 0 Å². The molecule has 0 radical (unpaired) electrons. The maximum Gasteiger partial charge on any atom is 0.255 e. The predicted molar refractivity (Wildman–Crippen MR) is 60.8 cm³/mol. The Morgan fingerprint density at radius 3 is 2.60 bits per heavy atom. The fourth-order valence-electron chi connectivity index (χ4n) is 2.25. The first-order chi connectivity index (χ1) is 7.12. The highest BCUT2D eigenvalue weighted by Crippen LogP contribution is 2.33. The fourth-order valence-corrected chi connectivity index (χ4v) is 2.25. The highest BCUT2D eigenvalue weighted by Gasteiger charge is 2.47. The molecular formula is C11H22N2O2. The Labute approximate surface area is 91.9 Å². The Morgan fingerprint density at radius 1 is 1.53 bits per heavy atom. The van der Waals surface area contributed by atoms with E-state index in [1.165, 1.54) is 0 Å². The molecule has 0 spiro atoms. The minimum atomic E-state index is -1.06. The smallest absolute Gasteiger partial charge is 0.255 e.